The van der Waals surface area contributed by atoms with Crippen molar-refractivity contribution in [2.45, 2.75) is 6.61 Å². The highest BCUT2D eigenvalue weighted by molar-refractivity contribution is 6.58. The van der Waals surface area contributed by atoms with E-state index in [-0.39, 0.29) is 17.6 Å². The smallest absolute Gasteiger partial charge is 0.488 e. The number of halogens is 2. The molecule has 0 saturated carbocycles. The van der Waals surface area contributed by atoms with E-state index in [1.54, 1.807) is 12.1 Å². The predicted molar refractivity (Wildman–Crippen MR) is 67.0 cm³/mol. The third-order valence-corrected chi connectivity index (χ3v) is 2.60. The van der Waals surface area contributed by atoms with Gasteiger partial charge in [0, 0.05) is 0 Å². The van der Waals surface area contributed by atoms with Crippen molar-refractivity contribution < 1.29 is 23.6 Å². The molecule has 19 heavy (non-hydrogen) atoms. The molecule has 0 amide bonds. The Morgan fingerprint density at radius 3 is 2.26 bits per heavy atom. The van der Waals surface area contributed by atoms with Gasteiger partial charge in [-0.1, -0.05) is 18.2 Å². The molecular formula is C13H11BF2O3. The standard InChI is InChI=1S/C13H11BF2O3/c15-12-5-2-6-13(16)11(12)8-19-10-4-1-3-9(7-10)14(17)18/h1-7,17-18H,8H2. The van der Waals surface area contributed by atoms with E-state index in [0.717, 1.165) is 12.1 Å². The van der Waals surface area contributed by atoms with Gasteiger partial charge >= 0.3 is 7.12 Å². The van der Waals surface area contributed by atoms with Gasteiger partial charge in [0.25, 0.3) is 0 Å². The van der Waals surface area contributed by atoms with E-state index in [1.165, 1.54) is 18.2 Å². The highest BCUT2D eigenvalue weighted by Crippen LogP contribution is 2.16. The first-order valence-electron chi connectivity index (χ1n) is 5.59. The molecule has 6 heteroatoms. The zero-order valence-corrected chi connectivity index (χ0v) is 9.88. The molecule has 3 nitrogen and oxygen atoms in total. The third-order valence-electron chi connectivity index (χ3n) is 2.60. The summed E-state index contributed by atoms with van der Waals surface area (Å²) in [6, 6.07) is 9.58. The Morgan fingerprint density at radius 1 is 1.00 bits per heavy atom. The number of ether oxygens (including phenoxy) is 1. The van der Waals surface area contributed by atoms with Crippen LogP contribution in [0.4, 0.5) is 8.78 Å². The van der Waals surface area contributed by atoms with Gasteiger partial charge in [-0.25, -0.2) is 8.78 Å². The molecule has 0 saturated heterocycles. The van der Waals surface area contributed by atoms with Gasteiger partial charge < -0.3 is 14.8 Å². The topological polar surface area (TPSA) is 49.7 Å². The highest BCUT2D eigenvalue weighted by Gasteiger charge is 2.12. The van der Waals surface area contributed by atoms with Crippen molar-refractivity contribution in [1.82, 2.24) is 0 Å². The fraction of sp³-hybridized carbons (Fsp3) is 0.0769. The van der Waals surface area contributed by atoms with Crippen molar-refractivity contribution in [2.75, 3.05) is 0 Å². The predicted octanol–water partition coefficient (Wildman–Crippen LogP) is 1.22. The molecule has 0 aliphatic rings. The lowest BCUT2D eigenvalue weighted by Crippen LogP contribution is -2.29. The number of hydrogen-bond acceptors (Lipinski definition) is 3. The molecule has 0 radical (unpaired) electrons. The van der Waals surface area contributed by atoms with Crippen molar-refractivity contribution in [3.63, 3.8) is 0 Å². The molecule has 0 aromatic heterocycles. The highest BCUT2D eigenvalue weighted by atomic mass is 19.1. The number of hydrogen-bond donors (Lipinski definition) is 2. The second-order valence-electron chi connectivity index (χ2n) is 3.94. The summed E-state index contributed by atoms with van der Waals surface area (Å²) in [5, 5.41) is 18.0. The maximum absolute atomic E-state index is 13.4. The molecule has 2 N–H and O–H groups in total. The van der Waals surface area contributed by atoms with Gasteiger partial charge in [0.2, 0.25) is 0 Å². The molecule has 2 rings (SSSR count). The van der Waals surface area contributed by atoms with Crippen LogP contribution in [-0.2, 0) is 6.61 Å². The molecule has 2 aromatic rings. The zero-order chi connectivity index (χ0) is 13.8. The minimum atomic E-state index is -1.62. The second-order valence-corrected chi connectivity index (χ2v) is 3.94. The summed E-state index contributed by atoms with van der Waals surface area (Å²) in [7, 11) is -1.62. The van der Waals surface area contributed by atoms with Crippen LogP contribution < -0.4 is 10.2 Å². The molecule has 0 spiro atoms. The van der Waals surface area contributed by atoms with Crippen LogP contribution in [0.1, 0.15) is 5.56 Å². The van der Waals surface area contributed by atoms with Crippen LogP contribution in [0.15, 0.2) is 42.5 Å². The SMILES string of the molecule is OB(O)c1cccc(OCc2c(F)cccc2F)c1. The number of benzene rings is 2. The van der Waals surface area contributed by atoms with Crippen molar-refractivity contribution in [1.29, 1.82) is 0 Å². The van der Waals surface area contributed by atoms with Crippen LogP contribution in [0.25, 0.3) is 0 Å². The molecule has 0 aliphatic carbocycles. The van der Waals surface area contributed by atoms with Crippen LogP contribution in [0.5, 0.6) is 5.75 Å². The maximum Gasteiger partial charge on any atom is 0.488 e. The molecular weight excluding hydrogens is 253 g/mol. The summed E-state index contributed by atoms with van der Waals surface area (Å²) in [5.41, 5.74) is 0.0731. The summed E-state index contributed by atoms with van der Waals surface area (Å²) in [5.74, 6) is -1.06. The van der Waals surface area contributed by atoms with E-state index in [9.17, 15) is 8.78 Å². The molecule has 0 bridgehead atoms. The van der Waals surface area contributed by atoms with E-state index >= 15 is 0 Å². The quantitative estimate of drug-likeness (QED) is 0.816. The van der Waals surface area contributed by atoms with Crippen LogP contribution in [0.3, 0.4) is 0 Å². The lowest BCUT2D eigenvalue weighted by atomic mass is 9.80. The van der Waals surface area contributed by atoms with E-state index in [1.807, 2.05) is 0 Å². The van der Waals surface area contributed by atoms with Crippen LogP contribution in [-0.4, -0.2) is 17.2 Å². The Bertz CT molecular complexity index is 555. The first kappa shape index (κ1) is 13.5. The number of rotatable bonds is 4. The second kappa shape index (κ2) is 5.82. The minimum Gasteiger partial charge on any atom is -0.489 e. The third kappa shape index (κ3) is 3.30. The fourth-order valence-electron chi connectivity index (χ4n) is 1.59. The Morgan fingerprint density at radius 2 is 1.63 bits per heavy atom. The lowest BCUT2D eigenvalue weighted by Gasteiger charge is -2.09. The van der Waals surface area contributed by atoms with E-state index in [0.29, 0.717) is 5.75 Å². The molecule has 2 aromatic carbocycles. The van der Waals surface area contributed by atoms with Gasteiger partial charge in [-0.05, 0) is 29.7 Å². The van der Waals surface area contributed by atoms with Gasteiger partial charge in [-0.2, -0.15) is 0 Å². The maximum atomic E-state index is 13.4. The minimum absolute atomic E-state index is 0.169. The summed E-state index contributed by atoms with van der Waals surface area (Å²) < 4.78 is 32.0. The Kier molecular flexibility index (Phi) is 4.14. The molecule has 0 heterocycles. The zero-order valence-electron chi connectivity index (χ0n) is 9.88. The van der Waals surface area contributed by atoms with E-state index in [2.05, 4.69) is 0 Å². The Balaban J connectivity index is 2.12. The van der Waals surface area contributed by atoms with E-state index in [4.69, 9.17) is 14.8 Å². The first-order valence-corrected chi connectivity index (χ1v) is 5.59. The van der Waals surface area contributed by atoms with Crippen molar-refractivity contribution >= 4 is 12.6 Å². The lowest BCUT2D eigenvalue weighted by molar-refractivity contribution is 0.292. The Labute approximate surface area is 109 Å². The van der Waals surface area contributed by atoms with Crippen molar-refractivity contribution in [2.24, 2.45) is 0 Å². The largest absolute Gasteiger partial charge is 0.489 e. The summed E-state index contributed by atoms with van der Waals surface area (Å²) in [6.45, 7) is -0.274. The van der Waals surface area contributed by atoms with Gasteiger partial charge in [-0.15, -0.1) is 0 Å². The molecule has 0 unspecified atom stereocenters. The first-order chi connectivity index (χ1) is 9.08. The summed E-state index contributed by atoms with van der Waals surface area (Å²) in [4.78, 5) is 0. The Hall–Kier alpha value is -1.92. The molecule has 0 fully saturated rings. The van der Waals surface area contributed by atoms with Gasteiger partial charge in [0.1, 0.15) is 24.0 Å². The van der Waals surface area contributed by atoms with Crippen molar-refractivity contribution in [3.05, 3.63) is 59.7 Å². The van der Waals surface area contributed by atoms with Crippen LogP contribution in [0.2, 0.25) is 0 Å². The van der Waals surface area contributed by atoms with E-state index < -0.39 is 18.8 Å². The van der Waals surface area contributed by atoms with Crippen molar-refractivity contribution in [3.8, 4) is 5.75 Å². The summed E-state index contributed by atoms with van der Waals surface area (Å²) >= 11 is 0. The normalized spacial score (nSPS) is 10.3. The van der Waals surface area contributed by atoms with Gasteiger partial charge in [-0.3, -0.25) is 0 Å². The molecule has 0 aliphatic heterocycles. The van der Waals surface area contributed by atoms with Crippen LogP contribution in [0, 0.1) is 11.6 Å². The fourth-order valence-corrected chi connectivity index (χ4v) is 1.59. The molecule has 98 valence electrons. The average molecular weight is 264 g/mol. The average Bonchev–Trinajstić information content (AvgIpc) is 2.38. The van der Waals surface area contributed by atoms with Gasteiger partial charge in [0.05, 0.1) is 5.56 Å². The summed E-state index contributed by atoms with van der Waals surface area (Å²) in [6.07, 6.45) is 0. The monoisotopic (exact) mass is 264 g/mol. The van der Waals surface area contributed by atoms with Crippen LogP contribution >= 0.6 is 0 Å². The van der Waals surface area contributed by atoms with Gasteiger partial charge in [0.15, 0.2) is 0 Å². The molecule has 0 atom stereocenters.